The van der Waals surface area contributed by atoms with Gasteiger partial charge in [0, 0.05) is 60.1 Å². The van der Waals surface area contributed by atoms with Crippen LogP contribution < -0.4 is 20.7 Å². The fraction of sp³-hybridized carbons (Fsp3) is 0.333. The normalized spacial score (nSPS) is 16.4. The van der Waals surface area contributed by atoms with E-state index in [4.69, 9.17) is 39.1 Å². The first-order chi connectivity index (χ1) is 17.8. The largest absolute Gasteiger partial charge is 0.489 e. The second kappa shape index (κ2) is 10.2. The van der Waals surface area contributed by atoms with Crippen LogP contribution in [0.25, 0.3) is 0 Å². The predicted octanol–water partition coefficient (Wildman–Crippen LogP) is 4.95. The molecule has 0 atom stereocenters. The van der Waals surface area contributed by atoms with Crippen LogP contribution in [0.15, 0.2) is 42.9 Å². The zero-order valence-corrected chi connectivity index (χ0v) is 21.9. The van der Waals surface area contributed by atoms with Crippen LogP contribution in [0.1, 0.15) is 48.4 Å². The first-order valence-electron chi connectivity index (χ1n) is 12.1. The molecule has 1 saturated carbocycles. The maximum absolute atomic E-state index is 9.83. The third-order valence-corrected chi connectivity index (χ3v) is 7.59. The molecular formula is C27H27Cl2N7O. The number of benzene rings is 1. The van der Waals surface area contributed by atoms with Gasteiger partial charge in [-0.05, 0) is 44.0 Å². The van der Waals surface area contributed by atoms with Crippen molar-refractivity contribution < 1.29 is 4.74 Å². The monoisotopic (exact) mass is 535 g/mol. The van der Waals surface area contributed by atoms with Gasteiger partial charge in [-0.1, -0.05) is 29.6 Å². The lowest BCUT2D eigenvalue weighted by Gasteiger charge is -2.52. The highest BCUT2D eigenvalue weighted by molar-refractivity contribution is 6.35. The first kappa shape index (κ1) is 25.3. The fourth-order valence-electron chi connectivity index (χ4n) is 4.74. The molecular weight excluding hydrogens is 509 g/mol. The van der Waals surface area contributed by atoms with Gasteiger partial charge in [0.05, 0.1) is 26.9 Å². The van der Waals surface area contributed by atoms with Gasteiger partial charge < -0.3 is 20.7 Å². The molecule has 0 spiro atoms. The standard InChI is InChI=1S/C27H27Cl2N7O/c1-27(35-18-3-2-4-18)14-36(15-27)26-16(9-30)7-17(10-34-26)25(32)20-8-19(5-6-24(20)31)37-13-21-22(28)11-33-12-23(21)29/h5-8,10-12,18,32,35H,2-4,13-15,31H2,1H3. The number of anilines is 2. The molecule has 8 nitrogen and oxygen atoms in total. The van der Waals surface area contributed by atoms with Crippen molar-refractivity contribution in [2.75, 3.05) is 23.7 Å². The lowest BCUT2D eigenvalue weighted by molar-refractivity contribution is 0.201. The minimum atomic E-state index is 0.0322. The molecule has 190 valence electrons. The SMILES string of the molecule is CC1(NC2CCC2)CN(c2ncc(C(=N)c3cc(OCc4c(Cl)cncc4Cl)ccc3N)cc2C#N)C1. The topological polar surface area (TPSA) is 124 Å². The molecule has 0 amide bonds. The van der Waals surface area contributed by atoms with E-state index in [0.29, 0.717) is 55.6 Å². The summed E-state index contributed by atoms with van der Waals surface area (Å²) in [5.74, 6) is 1.14. The Hall–Kier alpha value is -3.38. The number of hydrogen-bond donors (Lipinski definition) is 3. The molecule has 0 radical (unpaired) electrons. The van der Waals surface area contributed by atoms with Gasteiger partial charge in [0.15, 0.2) is 0 Å². The Bertz CT molecular complexity index is 1370. The molecule has 3 heterocycles. The second-order valence-corrected chi connectivity index (χ2v) is 10.7. The van der Waals surface area contributed by atoms with E-state index in [1.54, 1.807) is 30.5 Å². The van der Waals surface area contributed by atoms with Gasteiger partial charge in [-0.3, -0.25) is 10.4 Å². The van der Waals surface area contributed by atoms with Gasteiger partial charge in [0.25, 0.3) is 0 Å². The first-order valence-corrected chi connectivity index (χ1v) is 12.8. The van der Waals surface area contributed by atoms with E-state index in [0.717, 1.165) is 13.1 Å². The van der Waals surface area contributed by atoms with Crippen LogP contribution >= 0.6 is 23.2 Å². The Labute approximate surface area is 225 Å². The Morgan fingerprint density at radius 3 is 2.62 bits per heavy atom. The van der Waals surface area contributed by atoms with Gasteiger partial charge in [0.2, 0.25) is 0 Å². The molecule has 2 aromatic heterocycles. The number of nitriles is 1. The zero-order chi connectivity index (χ0) is 26.2. The average Bonchev–Trinajstić information content (AvgIpc) is 2.84. The highest BCUT2D eigenvalue weighted by atomic mass is 35.5. The van der Waals surface area contributed by atoms with E-state index in [9.17, 15) is 5.26 Å². The molecule has 0 bridgehead atoms. The number of nitrogens with zero attached hydrogens (tertiary/aromatic N) is 4. The van der Waals surface area contributed by atoms with Crippen molar-refractivity contribution >= 4 is 40.4 Å². The van der Waals surface area contributed by atoms with Crippen LogP contribution in [0.5, 0.6) is 5.75 Å². The predicted molar refractivity (Wildman–Crippen MR) is 146 cm³/mol. The van der Waals surface area contributed by atoms with Crippen LogP contribution in [-0.4, -0.2) is 40.3 Å². The lowest BCUT2D eigenvalue weighted by Crippen LogP contribution is -2.70. The molecule has 2 aliphatic rings. The van der Waals surface area contributed by atoms with Crippen molar-refractivity contribution in [3.63, 3.8) is 0 Å². The Morgan fingerprint density at radius 1 is 1.24 bits per heavy atom. The highest BCUT2D eigenvalue weighted by Gasteiger charge is 2.42. The summed E-state index contributed by atoms with van der Waals surface area (Å²) in [6.07, 6.45) is 8.38. The van der Waals surface area contributed by atoms with Crippen LogP contribution in [0.4, 0.5) is 11.5 Å². The summed E-state index contributed by atoms with van der Waals surface area (Å²) in [4.78, 5) is 10.6. The number of ether oxygens (including phenoxy) is 1. The van der Waals surface area contributed by atoms with Crippen molar-refractivity contribution in [3.8, 4) is 11.8 Å². The van der Waals surface area contributed by atoms with Crippen LogP contribution in [0.3, 0.4) is 0 Å². The fourth-order valence-corrected chi connectivity index (χ4v) is 5.21. The molecule has 1 aromatic carbocycles. The van der Waals surface area contributed by atoms with E-state index in [2.05, 4.69) is 33.2 Å². The smallest absolute Gasteiger partial charge is 0.146 e. The lowest BCUT2D eigenvalue weighted by atomic mass is 9.85. The molecule has 1 aliphatic carbocycles. The molecule has 3 aromatic rings. The molecule has 5 rings (SSSR count). The van der Waals surface area contributed by atoms with Gasteiger partial charge in [0.1, 0.15) is 24.2 Å². The quantitative estimate of drug-likeness (QED) is 0.275. The summed E-state index contributed by atoms with van der Waals surface area (Å²) in [5, 5.41) is 23.2. The number of nitrogen functional groups attached to an aromatic ring is 1. The summed E-state index contributed by atoms with van der Waals surface area (Å²) >= 11 is 12.4. The van der Waals surface area contributed by atoms with E-state index in [1.807, 2.05) is 0 Å². The van der Waals surface area contributed by atoms with E-state index in [-0.39, 0.29) is 17.9 Å². The number of pyridine rings is 2. The summed E-state index contributed by atoms with van der Waals surface area (Å²) in [6.45, 7) is 3.93. The average molecular weight is 536 g/mol. The van der Waals surface area contributed by atoms with Gasteiger partial charge in [-0.25, -0.2) is 4.98 Å². The minimum absolute atomic E-state index is 0.0322. The number of halogens is 2. The van der Waals surface area contributed by atoms with Gasteiger partial charge in [-0.2, -0.15) is 5.26 Å². The maximum Gasteiger partial charge on any atom is 0.146 e. The third kappa shape index (κ3) is 5.21. The second-order valence-electron chi connectivity index (χ2n) is 9.89. The van der Waals surface area contributed by atoms with Gasteiger partial charge >= 0.3 is 0 Å². The van der Waals surface area contributed by atoms with E-state index in [1.165, 1.54) is 31.7 Å². The van der Waals surface area contributed by atoms with Crippen LogP contribution in [-0.2, 0) is 6.61 Å². The Balaban J connectivity index is 1.31. The molecule has 2 fully saturated rings. The van der Waals surface area contributed by atoms with E-state index >= 15 is 0 Å². The summed E-state index contributed by atoms with van der Waals surface area (Å²) in [5.41, 5.74) is 8.83. The number of nitrogens with two attached hydrogens (primary N) is 1. The molecule has 4 N–H and O–H groups in total. The highest BCUT2D eigenvalue weighted by Crippen LogP contribution is 2.32. The molecule has 1 saturated heterocycles. The number of rotatable bonds is 8. The van der Waals surface area contributed by atoms with Crippen molar-refractivity contribution in [1.29, 1.82) is 10.7 Å². The maximum atomic E-state index is 9.83. The van der Waals surface area contributed by atoms with Crippen molar-refractivity contribution in [3.05, 3.63) is 75.2 Å². The minimum Gasteiger partial charge on any atom is -0.489 e. The van der Waals surface area contributed by atoms with E-state index < -0.39 is 0 Å². The van der Waals surface area contributed by atoms with Crippen LogP contribution in [0.2, 0.25) is 10.0 Å². The summed E-state index contributed by atoms with van der Waals surface area (Å²) in [7, 11) is 0. The Morgan fingerprint density at radius 2 is 1.97 bits per heavy atom. The van der Waals surface area contributed by atoms with Crippen molar-refractivity contribution in [2.45, 2.75) is 44.4 Å². The third-order valence-electron chi connectivity index (χ3n) is 6.94. The molecule has 10 heteroatoms. The molecule has 0 unspecified atom stereocenters. The van der Waals surface area contributed by atoms with Crippen molar-refractivity contribution in [2.24, 2.45) is 0 Å². The molecule has 1 aliphatic heterocycles. The number of aromatic nitrogens is 2. The zero-order valence-electron chi connectivity index (χ0n) is 20.4. The number of hydrogen-bond acceptors (Lipinski definition) is 8. The van der Waals surface area contributed by atoms with Gasteiger partial charge in [-0.15, -0.1) is 0 Å². The summed E-state index contributed by atoms with van der Waals surface area (Å²) in [6, 6.07) is 9.63. The molecule has 37 heavy (non-hydrogen) atoms. The number of nitrogens with one attached hydrogen (secondary N) is 2. The Kier molecular flexibility index (Phi) is 6.95. The summed E-state index contributed by atoms with van der Waals surface area (Å²) < 4.78 is 5.88. The van der Waals surface area contributed by atoms with Crippen LogP contribution in [0, 0.1) is 16.7 Å². The van der Waals surface area contributed by atoms with Crippen molar-refractivity contribution in [1.82, 2.24) is 15.3 Å².